The lowest BCUT2D eigenvalue weighted by molar-refractivity contribution is -0.148. The number of ether oxygens (including phenoxy) is 1. The highest BCUT2D eigenvalue weighted by molar-refractivity contribution is 7.14. The maximum absolute atomic E-state index is 11.6. The molecule has 0 saturated carbocycles. The Hall–Kier alpha value is -2.41. The van der Waals surface area contributed by atoms with Gasteiger partial charge in [0.05, 0.1) is 12.8 Å². The van der Waals surface area contributed by atoms with Gasteiger partial charge >= 0.3 is 11.9 Å². The molecule has 2 aromatic rings. The molecule has 0 fully saturated rings. The van der Waals surface area contributed by atoms with E-state index in [-0.39, 0.29) is 6.54 Å². The van der Waals surface area contributed by atoms with Gasteiger partial charge in [0.25, 0.3) is 0 Å². The van der Waals surface area contributed by atoms with Crippen LogP contribution in [0.5, 0.6) is 5.75 Å². The van der Waals surface area contributed by atoms with Gasteiger partial charge in [0.2, 0.25) is 0 Å². The Bertz CT molecular complexity index is 651. The molecule has 0 radical (unpaired) electrons. The molecular formula is C14H14N2O4S. The Kier molecular flexibility index (Phi) is 4.54. The van der Waals surface area contributed by atoms with Crippen LogP contribution in [0.2, 0.25) is 0 Å². The van der Waals surface area contributed by atoms with Gasteiger partial charge in [0.15, 0.2) is 5.13 Å². The standard InChI is InChI=1S/C14H14N2O4S/c1-3-16(12(17)13(18)19)14-15-11(8-21-14)9-4-6-10(20-2)7-5-9/h4-8H,3H2,1-2H3,(H,18,19). The Balaban J connectivity index is 2.27. The van der Waals surface area contributed by atoms with Crippen molar-refractivity contribution in [3.63, 3.8) is 0 Å². The molecule has 6 nitrogen and oxygen atoms in total. The summed E-state index contributed by atoms with van der Waals surface area (Å²) in [6.07, 6.45) is 0. The number of hydrogen-bond donors (Lipinski definition) is 1. The number of methoxy groups -OCH3 is 1. The fourth-order valence-electron chi connectivity index (χ4n) is 1.76. The lowest BCUT2D eigenvalue weighted by Gasteiger charge is -2.14. The number of anilines is 1. The van der Waals surface area contributed by atoms with Crippen molar-refractivity contribution in [2.75, 3.05) is 18.6 Å². The van der Waals surface area contributed by atoms with Crippen LogP contribution in [0.1, 0.15) is 6.92 Å². The predicted octanol–water partition coefficient (Wildman–Crippen LogP) is 2.26. The van der Waals surface area contributed by atoms with Gasteiger partial charge in [-0.25, -0.2) is 9.78 Å². The van der Waals surface area contributed by atoms with Crippen molar-refractivity contribution in [1.29, 1.82) is 0 Å². The molecule has 1 N–H and O–H groups in total. The number of aromatic nitrogens is 1. The molecule has 0 aliphatic heterocycles. The van der Waals surface area contributed by atoms with Crippen molar-refractivity contribution in [3.05, 3.63) is 29.6 Å². The van der Waals surface area contributed by atoms with E-state index in [1.165, 1.54) is 11.3 Å². The van der Waals surface area contributed by atoms with Crippen LogP contribution in [-0.2, 0) is 9.59 Å². The van der Waals surface area contributed by atoms with Gasteiger partial charge in [0, 0.05) is 17.5 Å². The van der Waals surface area contributed by atoms with E-state index in [2.05, 4.69) is 4.98 Å². The third-order valence-electron chi connectivity index (χ3n) is 2.85. The van der Waals surface area contributed by atoms with Crippen LogP contribution in [0, 0.1) is 0 Å². The summed E-state index contributed by atoms with van der Waals surface area (Å²) < 4.78 is 5.09. The van der Waals surface area contributed by atoms with Gasteiger partial charge in [-0.2, -0.15) is 0 Å². The summed E-state index contributed by atoms with van der Waals surface area (Å²) in [5, 5.41) is 11.0. The summed E-state index contributed by atoms with van der Waals surface area (Å²) in [7, 11) is 1.59. The first-order valence-corrected chi connectivity index (χ1v) is 7.09. The number of carbonyl (C=O) groups excluding carboxylic acids is 1. The van der Waals surface area contributed by atoms with Crippen LogP contribution >= 0.6 is 11.3 Å². The normalized spacial score (nSPS) is 10.2. The summed E-state index contributed by atoms with van der Waals surface area (Å²) >= 11 is 1.23. The van der Waals surface area contributed by atoms with Crippen molar-refractivity contribution in [2.24, 2.45) is 0 Å². The van der Waals surface area contributed by atoms with Crippen LogP contribution in [-0.4, -0.2) is 35.6 Å². The van der Waals surface area contributed by atoms with E-state index >= 15 is 0 Å². The fourth-order valence-corrected chi connectivity index (χ4v) is 2.66. The van der Waals surface area contributed by atoms with Gasteiger partial charge < -0.3 is 9.84 Å². The maximum Gasteiger partial charge on any atom is 0.395 e. The third-order valence-corrected chi connectivity index (χ3v) is 3.72. The van der Waals surface area contributed by atoms with Gasteiger partial charge in [-0.05, 0) is 31.2 Å². The molecule has 0 atom stereocenters. The number of carboxylic acid groups (broad SMARTS) is 1. The van der Waals surface area contributed by atoms with Crippen LogP contribution in [0.4, 0.5) is 5.13 Å². The number of nitrogens with zero attached hydrogens (tertiary/aromatic N) is 2. The summed E-state index contributed by atoms with van der Waals surface area (Å²) in [5.74, 6) is -1.73. The Morgan fingerprint density at radius 1 is 1.33 bits per heavy atom. The Labute approximate surface area is 125 Å². The molecule has 0 bridgehead atoms. The molecule has 0 aliphatic rings. The zero-order valence-electron chi connectivity index (χ0n) is 11.6. The fraction of sp³-hybridized carbons (Fsp3) is 0.214. The molecule has 21 heavy (non-hydrogen) atoms. The maximum atomic E-state index is 11.6. The van der Waals surface area contributed by atoms with Crippen molar-refractivity contribution in [1.82, 2.24) is 4.98 Å². The summed E-state index contributed by atoms with van der Waals surface area (Å²) in [4.78, 5) is 27.8. The molecule has 1 heterocycles. The van der Waals surface area contributed by atoms with Crippen LogP contribution in [0.15, 0.2) is 29.6 Å². The number of carboxylic acids is 1. The topological polar surface area (TPSA) is 79.7 Å². The van der Waals surface area contributed by atoms with Crippen LogP contribution < -0.4 is 9.64 Å². The number of likely N-dealkylation sites (N-methyl/N-ethyl adjacent to an activating group) is 1. The summed E-state index contributed by atoms with van der Waals surface area (Å²) in [5.41, 5.74) is 1.56. The second-order valence-corrected chi connectivity index (χ2v) is 4.93. The minimum atomic E-state index is -1.49. The average molecular weight is 306 g/mol. The predicted molar refractivity (Wildman–Crippen MR) is 79.8 cm³/mol. The van der Waals surface area contributed by atoms with E-state index in [9.17, 15) is 9.59 Å². The first kappa shape index (κ1) is 15.0. The number of rotatable bonds is 4. The van der Waals surface area contributed by atoms with Crippen molar-refractivity contribution < 1.29 is 19.4 Å². The molecule has 0 aliphatic carbocycles. The first-order valence-electron chi connectivity index (χ1n) is 6.21. The molecule has 2 rings (SSSR count). The van der Waals surface area contributed by atoms with Crippen LogP contribution in [0.3, 0.4) is 0 Å². The highest BCUT2D eigenvalue weighted by atomic mass is 32.1. The van der Waals surface area contributed by atoms with Crippen LogP contribution in [0.25, 0.3) is 11.3 Å². The van der Waals surface area contributed by atoms with E-state index in [4.69, 9.17) is 9.84 Å². The number of thiazole rings is 1. The Morgan fingerprint density at radius 2 is 2.00 bits per heavy atom. The second kappa shape index (κ2) is 6.36. The van der Waals surface area contributed by atoms with Gasteiger partial charge in [-0.15, -0.1) is 11.3 Å². The van der Waals surface area contributed by atoms with Crippen molar-refractivity contribution in [2.45, 2.75) is 6.92 Å². The lowest BCUT2D eigenvalue weighted by atomic mass is 10.2. The SMILES string of the molecule is CCN(C(=O)C(=O)O)c1nc(-c2ccc(OC)cc2)cs1. The first-order chi connectivity index (χ1) is 10.1. The van der Waals surface area contributed by atoms with E-state index < -0.39 is 11.9 Å². The third kappa shape index (κ3) is 3.19. The number of benzene rings is 1. The number of hydrogen-bond acceptors (Lipinski definition) is 5. The molecule has 1 amide bonds. The highest BCUT2D eigenvalue weighted by Gasteiger charge is 2.23. The summed E-state index contributed by atoms with van der Waals surface area (Å²) in [6.45, 7) is 1.95. The summed E-state index contributed by atoms with van der Waals surface area (Å²) in [6, 6.07) is 7.34. The van der Waals surface area contributed by atoms with E-state index in [1.807, 2.05) is 24.3 Å². The van der Waals surface area contributed by atoms with Crippen molar-refractivity contribution >= 4 is 28.3 Å². The minimum Gasteiger partial charge on any atom is -0.497 e. The molecule has 110 valence electrons. The number of amides is 1. The largest absolute Gasteiger partial charge is 0.497 e. The van der Waals surface area contributed by atoms with E-state index in [1.54, 1.807) is 19.4 Å². The van der Waals surface area contributed by atoms with Gasteiger partial charge in [-0.3, -0.25) is 9.69 Å². The molecule has 1 aromatic carbocycles. The quantitative estimate of drug-likeness (QED) is 0.876. The minimum absolute atomic E-state index is 0.251. The molecule has 0 spiro atoms. The lowest BCUT2D eigenvalue weighted by Crippen LogP contribution is -2.36. The highest BCUT2D eigenvalue weighted by Crippen LogP contribution is 2.28. The Morgan fingerprint density at radius 3 is 2.52 bits per heavy atom. The zero-order valence-corrected chi connectivity index (χ0v) is 12.4. The molecular weight excluding hydrogens is 292 g/mol. The molecule has 0 saturated heterocycles. The average Bonchev–Trinajstić information content (AvgIpc) is 2.97. The smallest absolute Gasteiger partial charge is 0.395 e. The molecule has 0 unspecified atom stereocenters. The number of carbonyl (C=O) groups is 2. The molecule has 1 aromatic heterocycles. The van der Waals surface area contributed by atoms with E-state index in [0.717, 1.165) is 16.2 Å². The van der Waals surface area contributed by atoms with E-state index in [0.29, 0.717) is 10.8 Å². The second-order valence-electron chi connectivity index (χ2n) is 4.10. The van der Waals surface area contributed by atoms with Gasteiger partial charge in [-0.1, -0.05) is 0 Å². The molecule has 7 heteroatoms. The monoisotopic (exact) mass is 306 g/mol. The van der Waals surface area contributed by atoms with Crippen molar-refractivity contribution in [3.8, 4) is 17.0 Å². The van der Waals surface area contributed by atoms with Gasteiger partial charge in [0.1, 0.15) is 5.75 Å². The number of aliphatic carboxylic acids is 1. The zero-order chi connectivity index (χ0) is 15.4.